The van der Waals surface area contributed by atoms with Crippen molar-refractivity contribution in [2.75, 3.05) is 19.0 Å². The van der Waals surface area contributed by atoms with Gasteiger partial charge in [-0.15, -0.1) is 0 Å². The first-order valence-electron chi connectivity index (χ1n) is 8.69. The van der Waals surface area contributed by atoms with E-state index in [1.165, 1.54) is 0 Å². The number of rotatable bonds is 3. The van der Waals surface area contributed by atoms with Gasteiger partial charge in [-0.25, -0.2) is 0 Å². The predicted molar refractivity (Wildman–Crippen MR) is 108 cm³/mol. The van der Waals surface area contributed by atoms with Crippen molar-refractivity contribution in [3.05, 3.63) is 94.5 Å². The molecule has 132 valence electrons. The molecular formula is C23H18N2O2. The summed E-state index contributed by atoms with van der Waals surface area (Å²) < 4.78 is 0. The molecule has 0 bridgehead atoms. The third-order valence-corrected chi connectivity index (χ3v) is 4.69. The van der Waals surface area contributed by atoms with Gasteiger partial charge >= 0.3 is 0 Å². The second kappa shape index (κ2) is 6.65. The Morgan fingerprint density at radius 2 is 1.37 bits per heavy atom. The third kappa shape index (κ3) is 2.95. The van der Waals surface area contributed by atoms with Crippen LogP contribution in [0.4, 0.5) is 11.4 Å². The molecule has 27 heavy (non-hydrogen) atoms. The van der Waals surface area contributed by atoms with E-state index in [9.17, 15) is 9.59 Å². The molecule has 0 aliphatic heterocycles. The minimum Gasteiger partial charge on any atom is -0.378 e. The predicted octanol–water partition coefficient (Wildman–Crippen LogP) is 4.28. The van der Waals surface area contributed by atoms with Crippen LogP contribution >= 0.6 is 0 Å². The molecule has 3 aromatic rings. The van der Waals surface area contributed by atoms with E-state index in [4.69, 9.17) is 0 Å². The number of anilines is 1. The fourth-order valence-corrected chi connectivity index (χ4v) is 3.24. The van der Waals surface area contributed by atoms with Crippen LogP contribution in [0.5, 0.6) is 0 Å². The van der Waals surface area contributed by atoms with E-state index in [1.54, 1.807) is 48.7 Å². The zero-order valence-electron chi connectivity index (χ0n) is 15.1. The molecule has 0 N–H and O–H groups in total. The van der Waals surface area contributed by atoms with E-state index >= 15 is 0 Å². The number of hydrogen-bond donors (Lipinski definition) is 0. The number of carbonyl (C=O) groups is 2. The Kier molecular flexibility index (Phi) is 4.16. The Balaban J connectivity index is 1.74. The molecule has 0 saturated heterocycles. The second-order valence-electron chi connectivity index (χ2n) is 6.65. The zero-order valence-corrected chi connectivity index (χ0v) is 15.1. The Bertz CT molecular complexity index is 1080. The van der Waals surface area contributed by atoms with Gasteiger partial charge in [0.25, 0.3) is 0 Å². The van der Waals surface area contributed by atoms with Crippen LogP contribution in [0, 0.1) is 0 Å². The lowest BCUT2D eigenvalue weighted by Crippen LogP contribution is -2.20. The number of nitrogens with zero attached hydrogens (tertiary/aromatic N) is 2. The zero-order chi connectivity index (χ0) is 19.0. The minimum absolute atomic E-state index is 0.132. The summed E-state index contributed by atoms with van der Waals surface area (Å²) in [6.45, 7) is 0. The van der Waals surface area contributed by atoms with Gasteiger partial charge < -0.3 is 4.90 Å². The average Bonchev–Trinajstić information content (AvgIpc) is 2.70. The van der Waals surface area contributed by atoms with Gasteiger partial charge in [-0.05, 0) is 23.8 Å². The molecule has 0 fully saturated rings. The highest BCUT2D eigenvalue weighted by Crippen LogP contribution is 2.33. The summed E-state index contributed by atoms with van der Waals surface area (Å²) in [6, 6.07) is 20.1. The first-order valence-corrected chi connectivity index (χ1v) is 8.69. The SMILES string of the molecule is CN(C)c1ccc(C=Nc2cccc3c2C(=O)c2ccccc2C3=O)cc1. The second-order valence-corrected chi connectivity index (χ2v) is 6.65. The number of aliphatic imine (C=N–C) groups is 1. The molecule has 0 heterocycles. The van der Waals surface area contributed by atoms with E-state index in [0.29, 0.717) is 27.9 Å². The van der Waals surface area contributed by atoms with Crippen molar-refractivity contribution in [1.82, 2.24) is 0 Å². The standard InChI is InChI=1S/C23H18N2O2/c1-25(2)16-12-10-15(11-13-16)14-24-20-9-5-8-19-21(20)23(27)18-7-4-3-6-17(18)22(19)26/h3-14H,1-2H3. The molecule has 4 nitrogen and oxygen atoms in total. The summed E-state index contributed by atoms with van der Waals surface area (Å²) in [6.07, 6.45) is 1.72. The maximum Gasteiger partial charge on any atom is 0.196 e. The van der Waals surface area contributed by atoms with Crippen LogP contribution < -0.4 is 4.90 Å². The molecule has 1 aliphatic rings. The van der Waals surface area contributed by atoms with Crippen molar-refractivity contribution in [3.8, 4) is 0 Å². The van der Waals surface area contributed by atoms with Crippen molar-refractivity contribution in [1.29, 1.82) is 0 Å². The lowest BCUT2D eigenvalue weighted by Gasteiger charge is -2.18. The maximum atomic E-state index is 13.0. The monoisotopic (exact) mass is 354 g/mol. The van der Waals surface area contributed by atoms with Crippen LogP contribution in [-0.2, 0) is 0 Å². The molecule has 0 atom stereocenters. The quantitative estimate of drug-likeness (QED) is 0.516. The first-order chi connectivity index (χ1) is 13.1. The van der Waals surface area contributed by atoms with Crippen LogP contribution in [0.1, 0.15) is 37.4 Å². The molecule has 4 rings (SSSR count). The molecule has 0 amide bonds. The van der Waals surface area contributed by atoms with E-state index in [2.05, 4.69) is 4.99 Å². The highest BCUT2D eigenvalue weighted by Gasteiger charge is 2.31. The first kappa shape index (κ1) is 16.9. The summed E-state index contributed by atoms with van der Waals surface area (Å²) in [7, 11) is 3.97. The van der Waals surface area contributed by atoms with Gasteiger partial charge in [0.2, 0.25) is 0 Å². The molecule has 0 unspecified atom stereocenters. The van der Waals surface area contributed by atoms with Gasteiger partial charge in [0.15, 0.2) is 11.6 Å². The molecule has 3 aromatic carbocycles. The molecule has 0 saturated carbocycles. The van der Waals surface area contributed by atoms with E-state index in [1.807, 2.05) is 43.3 Å². The third-order valence-electron chi connectivity index (χ3n) is 4.69. The Labute approximate surface area is 157 Å². The topological polar surface area (TPSA) is 49.7 Å². The lowest BCUT2D eigenvalue weighted by atomic mass is 9.83. The molecule has 0 radical (unpaired) electrons. The van der Waals surface area contributed by atoms with E-state index < -0.39 is 0 Å². The average molecular weight is 354 g/mol. The smallest absolute Gasteiger partial charge is 0.196 e. The molecular weight excluding hydrogens is 336 g/mol. The van der Waals surface area contributed by atoms with Crippen LogP contribution in [0.15, 0.2) is 71.7 Å². The summed E-state index contributed by atoms with van der Waals surface area (Å²) in [5, 5.41) is 0. The molecule has 1 aliphatic carbocycles. The molecule has 4 heteroatoms. The van der Waals surface area contributed by atoms with Crippen LogP contribution in [0.2, 0.25) is 0 Å². The number of fused-ring (bicyclic) bond motifs is 2. The van der Waals surface area contributed by atoms with Gasteiger partial charge in [0, 0.05) is 42.7 Å². The van der Waals surface area contributed by atoms with Gasteiger partial charge in [-0.1, -0.05) is 48.5 Å². The summed E-state index contributed by atoms with van der Waals surface area (Å²) in [5.41, 5.74) is 4.22. The molecule has 0 aromatic heterocycles. The highest BCUT2D eigenvalue weighted by molar-refractivity contribution is 6.30. The number of ketones is 2. The Morgan fingerprint density at radius 3 is 2.04 bits per heavy atom. The van der Waals surface area contributed by atoms with Crippen molar-refractivity contribution in [2.45, 2.75) is 0 Å². The number of hydrogen-bond acceptors (Lipinski definition) is 4. The minimum atomic E-state index is -0.157. The lowest BCUT2D eigenvalue weighted by molar-refractivity contribution is 0.0979. The van der Waals surface area contributed by atoms with Crippen LogP contribution in [0.3, 0.4) is 0 Å². The van der Waals surface area contributed by atoms with E-state index in [-0.39, 0.29) is 11.6 Å². The Hall–Kier alpha value is -3.53. The normalized spacial score (nSPS) is 12.8. The van der Waals surface area contributed by atoms with Gasteiger partial charge in [-0.3, -0.25) is 14.6 Å². The van der Waals surface area contributed by atoms with Crippen molar-refractivity contribution >= 4 is 29.2 Å². The van der Waals surface area contributed by atoms with E-state index in [0.717, 1.165) is 11.3 Å². The van der Waals surface area contributed by atoms with Crippen LogP contribution in [0.25, 0.3) is 0 Å². The van der Waals surface area contributed by atoms with Crippen molar-refractivity contribution in [3.63, 3.8) is 0 Å². The summed E-state index contributed by atoms with van der Waals surface area (Å²) in [4.78, 5) is 32.3. The summed E-state index contributed by atoms with van der Waals surface area (Å²) in [5.74, 6) is -0.288. The van der Waals surface area contributed by atoms with Crippen molar-refractivity contribution < 1.29 is 9.59 Å². The Morgan fingerprint density at radius 1 is 0.741 bits per heavy atom. The highest BCUT2D eigenvalue weighted by atomic mass is 16.1. The number of carbonyl (C=O) groups excluding carboxylic acids is 2. The van der Waals surface area contributed by atoms with Crippen molar-refractivity contribution in [2.24, 2.45) is 4.99 Å². The van der Waals surface area contributed by atoms with Crippen LogP contribution in [-0.4, -0.2) is 31.9 Å². The van der Waals surface area contributed by atoms with Gasteiger partial charge in [0.1, 0.15) is 0 Å². The molecule has 0 spiro atoms. The largest absolute Gasteiger partial charge is 0.378 e. The fourth-order valence-electron chi connectivity index (χ4n) is 3.24. The summed E-state index contributed by atoms with van der Waals surface area (Å²) >= 11 is 0. The van der Waals surface area contributed by atoms with Gasteiger partial charge in [-0.2, -0.15) is 0 Å². The maximum absolute atomic E-state index is 13.0. The number of benzene rings is 3. The van der Waals surface area contributed by atoms with Gasteiger partial charge in [0.05, 0.1) is 11.3 Å². The fraction of sp³-hybridized carbons (Fsp3) is 0.0870.